The van der Waals surface area contributed by atoms with E-state index in [1.165, 1.54) is 22.6 Å². The molecule has 18 heavy (non-hydrogen) atoms. The fourth-order valence-corrected chi connectivity index (χ4v) is 4.20. The molecular formula is C15H19NS2. The molecule has 0 aliphatic heterocycles. The summed E-state index contributed by atoms with van der Waals surface area (Å²) in [5, 5.41) is 8.26. The molecular weight excluding hydrogens is 258 g/mol. The van der Waals surface area contributed by atoms with Gasteiger partial charge < -0.3 is 5.32 Å². The largest absolute Gasteiger partial charge is 0.301 e. The van der Waals surface area contributed by atoms with Crippen LogP contribution in [-0.4, -0.2) is 0 Å². The van der Waals surface area contributed by atoms with Crippen LogP contribution in [-0.2, 0) is 0 Å². The van der Waals surface area contributed by atoms with E-state index >= 15 is 0 Å². The van der Waals surface area contributed by atoms with Gasteiger partial charge >= 0.3 is 0 Å². The average molecular weight is 277 g/mol. The Morgan fingerprint density at radius 2 is 1.83 bits per heavy atom. The zero-order chi connectivity index (χ0) is 12.4. The van der Waals surface area contributed by atoms with Crippen molar-refractivity contribution in [2.45, 2.75) is 38.3 Å². The maximum absolute atomic E-state index is 3.89. The van der Waals surface area contributed by atoms with Crippen LogP contribution in [0.2, 0.25) is 0 Å². The zero-order valence-electron chi connectivity index (χ0n) is 10.6. The Morgan fingerprint density at radius 3 is 2.33 bits per heavy atom. The molecule has 2 aromatic rings. The molecule has 0 radical (unpaired) electrons. The number of nitrogens with one attached hydrogen (secondary N) is 1. The second-order valence-electron chi connectivity index (χ2n) is 4.97. The Labute approximate surface area is 117 Å². The Hall–Kier alpha value is -0.640. The molecule has 2 aromatic heterocycles. The first kappa shape index (κ1) is 12.4. The van der Waals surface area contributed by atoms with Gasteiger partial charge in [0, 0.05) is 21.8 Å². The van der Waals surface area contributed by atoms with Crippen molar-refractivity contribution < 1.29 is 0 Å². The van der Waals surface area contributed by atoms with E-state index in [9.17, 15) is 0 Å². The summed E-state index contributed by atoms with van der Waals surface area (Å²) >= 11 is 3.76. The fraction of sp³-hybridized carbons (Fsp3) is 0.467. The molecule has 96 valence electrons. The lowest BCUT2D eigenvalue weighted by molar-refractivity contribution is 0.410. The van der Waals surface area contributed by atoms with Gasteiger partial charge in [0.1, 0.15) is 0 Å². The lowest BCUT2D eigenvalue weighted by Gasteiger charge is -2.23. The predicted octanol–water partition coefficient (Wildman–Crippen LogP) is 5.00. The highest BCUT2D eigenvalue weighted by atomic mass is 32.1. The highest BCUT2D eigenvalue weighted by Gasteiger charge is 2.34. The van der Waals surface area contributed by atoms with Gasteiger partial charge in [0.25, 0.3) is 0 Å². The molecule has 2 heterocycles. The molecule has 1 nitrogen and oxygen atoms in total. The van der Waals surface area contributed by atoms with Gasteiger partial charge in [0.05, 0.1) is 0 Å². The van der Waals surface area contributed by atoms with Gasteiger partial charge in [-0.1, -0.05) is 19.1 Å². The minimum atomic E-state index is 0.512. The van der Waals surface area contributed by atoms with Crippen molar-refractivity contribution in [1.29, 1.82) is 0 Å². The summed E-state index contributed by atoms with van der Waals surface area (Å²) in [7, 11) is 0. The summed E-state index contributed by atoms with van der Waals surface area (Å²) in [4.78, 5) is 2.98. The fourth-order valence-electron chi connectivity index (χ4n) is 2.46. The normalized spacial score (nSPS) is 18.7. The van der Waals surface area contributed by atoms with Gasteiger partial charge in [-0.15, -0.1) is 22.7 Å². The molecule has 1 saturated carbocycles. The van der Waals surface area contributed by atoms with Crippen molar-refractivity contribution in [3.63, 3.8) is 0 Å². The van der Waals surface area contributed by atoms with Crippen molar-refractivity contribution in [1.82, 2.24) is 5.32 Å². The molecule has 0 bridgehead atoms. The Bertz CT molecular complexity index is 457. The van der Waals surface area contributed by atoms with Crippen molar-refractivity contribution in [3.8, 4) is 0 Å². The average Bonchev–Trinajstić information content (AvgIpc) is 2.89. The summed E-state index contributed by atoms with van der Waals surface area (Å²) in [6.07, 6.45) is 3.93. The van der Waals surface area contributed by atoms with Crippen LogP contribution < -0.4 is 5.32 Å². The lowest BCUT2D eigenvalue weighted by atomic mass is 10.1. The summed E-state index contributed by atoms with van der Waals surface area (Å²) in [5.41, 5.74) is 0. The van der Waals surface area contributed by atoms with Gasteiger partial charge in [-0.25, -0.2) is 0 Å². The van der Waals surface area contributed by atoms with E-state index in [-0.39, 0.29) is 0 Å². The van der Waals surface area contributed by atoms with Crippen LogP contribution in [0.4, 0.5) is 0 Å². The third-order valence-corrected chi connectivity index (χ3v) is 5.56. The highest BCUT2D eigenvalue weighted by Crippen LogP contribution is 2.43. The van der Waals surface area contributed by atoms with Gasteiger partial charge in [-0.3, -0.25) is 0 Å². The topological polar surface area (TPSA) is 12.0 Å². The lowest BCUT2D eigenvalue weighted by Crippen LogP contribution is -2.26. The Kier molecular flexibility index (Phi) is 3.83. The SMILES string of the molecule is CCC(NC(c1cccs1)C1CC1)c1cccs1. The van der Waals surface area contributed by atoms with E-state index in [0.29, 0.717) is 12.1 Å². The highest BCUT2D eigenvalue weighted by molar-refractivity contribution is 7.10. The van der Waals surface area contributed by atoms with Gasteiger partial charge in [0.2, 0.25) is 0 Å². The van der Waals surface area contributed by atoms with Crippen LogP contribution >= 0.6 is 22.7 Å². The first-order valence-electron chi connectivity index (χ1n) is 6.71. The second kappa shape index (κ2) is 5.55. The Morgan fingerprint density at radius 1 is 1.17 bits per heavy atom. The van der Waals surface area contributed by atoms with Crippen LogP contribution in [0.15, 0.2) is 35.0 Å². The molecule has 0 saturated heterocycles. The molecule has 0 aromatic carbocycles. The van der Waals surface area contributed by atoms with E-state index in [2.05, 4.69) is 47.3 Å². The first-order chi connectivity index (χ1) is 8.88. The van der Waals surface area contributed by atoms with Gasteiger partial charge in [0.15, 0.2) is 0 Å². The summed E-state index contributed by atoms with van der Waals surface area (Å²) in [5.74, 6) is 0.859. The number of hydrogen-bond acceptors (Lipinski definition) is 3. The smallest absolute Gasteiger partial charge is 0.0448 e. The van der Waals surface area contributed by atoms with Crippen LogP contribution in [0.1, 0.15) is 48.0 Å². The number of thiophene rings is 2. The van der Waals surface area contributed by atoms with E-state index in [1.54, 1.807) is 0 Å². The molecule has 1 fully saturated rings. The number of rotatable bonds is 6. The molecule has 1 aliphatic carbocycles. The molecule has 2 atom stereocenters. The van der Waals surface area contributed by atoms with Crippen molar-refractivity contribution >= 4 is 22.7 Å². The van der Waals surface area contributed by atoms with E-state index in [4.69, 9.17) is 0 Å². The standard InChI is InChI=1S/C15H19NS2/c1-2-12(13-5-3-9-17-13)16-15(11-7-8-11)14-6-4-10-18-14/h3-6,9-12,15-16H,2,7-8H2,1H3. The van der Waals surface area contributed by atoms with Crippen molar-refractivity contribution in [3.05, 3.63) is 44.8 Å². The third kappa shape index (κ3) is 2.68. The van der Waals surface area contributed by atoms with Crippen LogP contribution in [0, 0.1) is 5.92 Å². The molecule has 3 heteroatoms. The molecule has 0 amide bonds. The second-order valence-corrected chi connectivity index (χ2v) is 6.93. The van der Waals surface area contributed by atoms with Crippen LogP contribution in [0.25, 0.3) is 0 Å². The van der Waals surface area contributed by atoms with Gasteiger partial charge in [-0.2, -0.15) is 0 Å². The Balaban J connectivity index is 1.76. The molecule has 1 N–H and O–H groups in total. The first-order valence-corrected chi connectivity index (χ1v) is 8.47. The summed E-state index contributed by atoms with van der Waals surface area (Å²) in [6, 6.07) is 9.94. The van der Waals surface area contributed by atoms with Crippen LogP contribution in [0.5, 0.6) is 0 Å². The predicted molar refractivity (Wildman–Crippen MR) is 80.3 cm³/mol. The molecule has 0 spiro atoms. The molecule has 2 unspecified atom stereocenters. The summed E-state index contributed by atoms with van der Waals surface area (Å²) < 4.78 is 0. The molecule has 3 rings (SSSR count). The maximum Gasteiger partial charge on any atom is 0.0448 e. The van der Waals surface area contributed by atoms with Crippen LogP contribution in [0.3, 0.4) is 0 Å². The zero-order valence-corrected chi connectivity index (χ0v) is 12.3. The minimum absolute atomic E-state index is 0.512. The maximum atomic E-state index is 3.89. The minimum Gasteiger partial charge on any atom is -0.301 e. The summed E-state index contributed by atoms with van der Waals surface area (Å²) in [6.45, 7) is 2.27. The van der Waals surface area contributed by atoms with Crippen molar-refractivity contribution in [2.24, 2.45) is 5.92 Å². The van der Waals surface area contributed by atoms with Gasteiger partial charge in [-0.05, 0) is 48.1 Å². The van der Waals surface area contributed by atoms with E-state index < -0.39 is 0 Å². The molecule has 1 aliphatic rings. The van der Waals surface area contributed by atoms with E-state index in [1.807, 2.05) is 22.7 Å². The monoisotopic (exact) mass is 277 g/mol. The third-order valence-electron chi connectivity index (χ3n) is 3.62. The quantitative estimate of drug-likeness (QED) is 0.783. The van der Waals surface area contributed by atoms with Crippen molar-refractivity contribution in [2.75, 3.05) is 0 Å². The number of hydrogen-bond donors (Lipinski definition) is 1. The van der Waals surface area contributed by atoms with E-state index in [0.717, 1.165) is 12.3 Å².